The maximum Gasteiger partial charge on any atom is 0.255 e. The lowest BCUT2D eigenvalue weighted by Crippen LogP contribution is -2.52. The third-order valence-corrected chi connectivity index (χ3v) is 3.63. The number of amides is 1. The van der Waals surface area contributed by atoms with Crippen LogP contribution in [0.1, 0.15) is 37.6 Å². The molecule has 1 aromatic rings. The normalized spacial score (nSPS) is 13.9. The van der Waals surface area contributed by atoms with Gasteiger partial charge in [-0.3, -0.25) is 4.79 Å². The molecule has 0 heterocycles. The van der Waals surface area contributed by atoms with E-state index in [0.29, 0.717) is 23.8 Å². The molecule has 1 amide bonds. The number of nitrogens with one attached hydrogen (secondary N) is 1. The average Bonchev–Trinajstić information content (AvgIpc) is 2.37. The van der Waals surface area contributed by atoms with Crippen LogP contribution in [0.4, 0.5) is 0 Å². The van der Waals surface area contributed by atoms with Crippen molar-refractivity contribution < 1.29 is 9.53 Å². The molecule has 0 aromatic heterocycles. The van der Waals surface area contributed by atoms with Gasteiger partial charge in [-0.05, 0) is 37.5 Å². The van der Waals surface area contributed by atoms with Crippen molar-refractivity contribution in [3.05, 3.63) is 28.2 Å². The Kier molecular flexibility index (Phi) is 6.02. The summed E-state index contributed by atoms with van der Waals surface area (Å²) in [5, 5.41) is 3.03. The number of hydrogen-bond donors (Lipinski definition) is 2. The maximum atomic E-state index is 12.4. The summed E-state index contributed by atoms with van der Waals surface area (Å²) in [5.41, 5.74) is 5.92. The second-order valence-corrected chi connectivity index (χ2v) is 6.58. The molecule has 0 saturated carbocycles. The first-order valence-electron chi connectivity index (χ1n) is 6.67. The quantitative estimate of drug-likeness (QED) is 0.835. The van der Waals surface area contributed by atoms with Crippen LogP contribution in [0.15, 0.2) is 22.7 Å². The molecule has 0 aliphatic rings. The van der Waals surface area contributed by atoms with Gasteiger partial charge < -0.3 is 15.8 Å². The Morgan fingerprint density at radius 1 is 1.50 bits per heavy atom. The molecule has 3 N–H and O–H groups in total. The molecular weight excluding hydrogens is 320 g/mol. The molecule has 0 aliphatic heterocycles. The number of hydrogen-bond acceptors (Lipinski definition) is 3. The van der Waals surface area contributed by atoms with Gasteiger partial charge in [0.15, 0.2) is 0 Å². The average molecular weight is 343 g/mol. The Labute approximate surface area is 129 Å². The molecule has 1 atom stereocenters. The zero-order valence-corrected chi connectivity index (χ0v) is 14.1. The highest BCUT2D eigenvalue weighted by Gasteiger charge is 2.27. The fourth-order valence-electron chi connectivity index (χ4n) is 2.28. The summed E-state index contributed by atoms with van der Waals surface area (Å²) >= 11 is 3.36. The van der Waals surface area contributed by atoms with E-state index in [2.05, 4.69) is 35.1 Å². The Hall–Kier alpha value is -1.07. The van der Waals surface area contributed by atoms with Crippen LogP contribution in [0.25, 0.3) is 0 Å². The predicted octanol–water partition coefficient (Wildman–Crippen LogP) is 2.95. The van der Waals surface area contributed by atoms with E-state index in [1.165, 1.54) is 0 Å². The van der Waals surface area contributed by atoms with Crippen molar-refractivity contribution in [2.45, 2.75) is 32.7 Å². The van der Waals surface area contributed by atoms with Crippen molar-refractivity contribution >= 4 is 21.8 Å². The minimum Gasteiger partial charge on any atom is -0.496 e. The van der Waals surface area contributed by atoms with E-state index >= 15 is 0 Å². The van der Waals surface area contributed by atoms with Crippen molar-refractivity contribution in [1.82, 2.24) is 5.32 Å². The van der Waals surface area contributed by atoms with E-state index in [0.717, 1.165) is 10.9 Å². The summed E-state index contributed by atoms with van der Waals surface area (Å²) < 4.78 is 6.12. The second kappa shape index (κ2) is 7.09. The second-order valence-electron chi connectivity index (χ2n) is 5.66. The number of nitrogens with two attached hydrogens (primary N) is 1. The molecule has 1 aromatic carbocycles. The molecular formula is C15H23BrN2O2. The van der Waals surface area contributed by atoms with E-state index < -0.39 is 5.54 Å². The van der Waals surface area contributed by atoms with Crippen molar-refractivity contribution in [1.29, 1.82) is 0 Å². The van der Waals surface area contributed by atoms with Gasteiger partial charge in [0.1, 0.15) is 5.75 Å². The topological polar surface area (TPSA) is 64.3 Å². The number of rotatable bonds is 6. The summed E-state index contributed by atoms with van der Waals surface area (Å²) in [6.07, 6.45) is 0.827. The van der Waals surface area contributed by atoms with Crippen LogP contribution in [-0.2, 0) is 0 Å². The summed E-state index contributed by atoms with van der Waals surface area (Å²) in [6, 6.07) is 5.33. The summed E-state index contributed by atoms with van der Waals surface area (Å²) in [7, 11) is 1.55. The van der Waals surface area contributed by atoms with E-state index in [4.69, 9.17) is 10.5 Å². The number of ether oxygens (including phenoxy) is 1. The third-order valence-electron chi connectivity index (χ3n) is 3.13. The molecule has 5 heteroatoms. The van der Waals surface area contributed by atoms with E-state index in [-0.39, 0.29) is 5.91 Å². The van der Waals surface area contributed by atoms with Crippen LogP contribution < -0.4 is 15.8 Å². The van der Waals surface area contributed by atoms with E-state index in [1.54, 1.807) is 19.2 Å². The first kappa shape index (κ1) is 17.0. The minimum absolute atomic E-state index is 0.164. The fraction of sp³-hybridized carbons (Fsp3) is 0.533. The zero-order valence-electron chi connectivity index (χ0n) is 12.5. The lowest BCUT2D eigenvalue weighted by Gasteiger charge is -2.31. The number of benzene rings is 1. The van der Waals surface area contributed by atoms with Gasteiger partial charge in [-0.15, -0.1) is 0 Å². The molecule has 0 spiro atoms. The third kappa shape index (κ3) is 4.49. The van der Waals surface area contributed by atoms with Crippen LogP contribution in [0.5, 0.6) is 5.75 Å². The van der Waals surface area contributed by atoms with Gasteiger partial charge in [-0.2, -0.15) is 0 Å². The highest BCUT2D eigenvalue weighted by Crippen LogP contribution is 2.24. The molecule has 0 aliphatic carbocycles. The molecule has 1 rings (SSSR count). The fourth-order valence-corrected chi connectivity index (χ4v) is 2.62. The SMILES string of the molecule is COc1cc(Br)ccc1C(=O)NC(C)(CN)CC(C)C. The minimum atomic E-state index is -0.413. The van der Waals surface area contributed by atoms with E-state index in [9.17, 15) is 4.79 Å². The molecule has 0 radical (unpaired) electrons. The van der Waals surface area contributed by atoms with Gasteiger partial charge in [0.25, 0.3) is 5.91 Å². The molecule has 0 saturated heterocycles. The Morgan fingerprint density at radius 2 is 2.15 bits per heavy atom. The van der Waals surface area contributed by atoms with Gasteiger partial charge >= 0.3 is 0 Å². The molecule has 0 fully saturated rings. The monoisotopic (exact) mass is 342 g/mol. The molecule has 4 nitrogen and oxygen atoms in total. The van der Waals surface area contributed by atoms with Crippen molar-refractivity contribution in [2.24, 2.45) is 11.7 Å². The number of halogens is 1. The van der Waals surface area contributed by atoms with Gasteiger partial charge in [-0.25, -0.2) is 0 Å². The summed E-state index contributed by atoms with van der Waals surface area (Å²) in [5.74, 6) is 0.833. The van der Waals surface area contributed by atoms with Gasteiger partial charge in [0.05, 0.1) is 12.7 Å². The number of methoxy groups -OCH3 is 1. The molecule has 1 unspecified atom stereocenters. The lowest BCUT2D eigenvalue weighted by molar-refractivity contribution is 0.0895. The molecule has 0 bridgehead atoms. The Morgan fingerprint density at radius 3 is 2.65 bits per heavy atom. The molecule has 20 heavy (non-hydrogen) atoms. The highest BCUT2D eigenvalue weighted by molar-refractivity contribution is 9.10. The Bertz CT molecular complexity index is 477. The largest absolute Gasteiger partial charge is 0.496 e. The van der Waals surface area contributed by atoms with Gasteiger partial charge in [-0.1, -0.05) is 29.8 Å². The van der Waals surface area contributed by atoms with Crippen molar-refractivity contribution in [3.63, 3.8) is 0 Å². The number of carbonyl (C=O) groups is 1. The predicted molar refractivity (Wildman–Crippen MR) is 85.1 cm³/mol. The zero-order chi connectivity index (χ0) is 15.3. The van der Waals surface area contributed by atoms with E-state index in [1.807, 2.05) is 13.0 Å². The van der Waals surface area contributed by atoms with Crippen molar-refractivity contribution in [3.8, 4) is 5.75 Å². The molecule has 112 valence electrons. The Balaban J connectivity index is 2.95. The van der Waals surface area contributed by atoms with Crippen LogP contribution in [0, 0.1) is 5.92 Å². The summed E-state index contributed by atoms with van der Waals surface area (Å²) in [4.78, 5) is 12.4. The number of carbonyl (C=O) groups excluding carboxylic acids is 1. The standard InChI is InChI=1S/C15H23BrN2O2/c1-10(2)8-15(3,9-17)18-14(19)12-6-5-11(16)7-13(12)20-4/h5-7,10H,8-9,17H2,1-4H3,(H,18,19). The first-order chi connectivity index (χ1) is 9.31. The van der Waals surface area contributed by atoms with Gasteiger partial charge in [0, 0.05) is 16.6 Å². The maximum absolute atomic E-state index is 12.4. The van der Waals surface area contributed by atoms with Crippen LogP contribution in [-0.4, -0.2) is 25.1 Å². The highest BCUT2D eigenvalue weighted by atomic mass is 79.9. The van der Waals surface area contributed by atoms with Crippen molar-refractivity contribution in [2.75, 3.05) is 13.7 Å². The smallest absolute Gasteiger partial charge is 0.255 e. The first-order valence-corrected chi connectivity index (χ1v) is 7.46. The van der Waals surface area contributed by atoms with Crippen LogP contribution in [0.2, 0.25) is 0 Å². The lowest BCUT2D eigenvalue weighted by atomic mass is 9.90. The van der Waals surface area contributed by atoms with Crippen LogP contribution in [0.3, 0.4) is 0 Å². The van der Waals surface area contributed by atoms with Gasteiger partial charge in [0.2, 0.25) is 0 Å². The van der Waals surface area contributed by atoms with Crippen LogP contribution >= 0.6 is 15.9 Å². The summed E-state index contributed by atoms with van der Waals surface area (Å²) in [6.45, 7) is 6.59.